The zero-order chi connectivity index (χ0) is 13.4. The summed E-state index contributed by atoms with van der Waals surface area (Å²) in [4.78, 5) is 18.7. The number of aromatic nitrogens is 1. The van der Waals surface area contributed by atoms with Crippen molar-refractivity contribution in [2.45, 2.75) is 25.7 Å². The molecule has 0 saturated heterocycles. The summed E-state index contributed by atoms with van der Waals surface area (Å²) in [6.07, 6.45) is 2.19. The zero-order valence-corrected chi connectivity index (χ0v) is 9.69. The lowest BCUT2D eigenvalue weighted by Gasteiger charge is -2.06. The van der Waals surface area contributed by atoms with Crippen LogP contribution in [-0.2, 0) is 4.79 Å². The van der Waals surface area contributed by atoms with Gasteiger partial charge in [0.05, 0.1) is 0 Å². The molecule has 0 unspecified atom stereocenters. The minimum Gasteiger partial charge on any atom is -0.492 e. The normalized spacial score (nSPS) is 9.78. The van der Waals surface area contributed by atoms with Gasteiger partial charge in [-0.2, -0.15) is 0 Å². The third-order valence-corrected chi connectivity index (χ3v) is 2.19. The van der Waals surface area contributed by atoms with Gasteiger partial charge in [0.15, 0.2) is 0 Å². The highest BCUT2D eigenvalue weighted by Crippen LogP contribution is 2.18. The molecule has 0 spiro atoms. The number of azide groups is 1. The Kier molecular flexibility index (Phi) is 5.40. The SMILES string of the molecule is [N-]=[N+]=NCCCCCC(=O)On1c(O)ccc1O. The lowest BCUT2D eigenvalue weighted by molar-refractivity contribution is -0.145. The molecule has 18 heavy (non-hydrogen) atoms. The highest BCUT2D eigenvalue weighted by molar-refractivity contribution is 5.69. The number of hydrogen-bond donors (Lipinski definition) is 2. The predicted molar refractivity (Wildman–Crippen MR) is 61.8 cm³/mol. The van der Waals surface area contributed by atoms with Crippen molar-refractivity contribution in [3.05, 3.63) is 22.6 Å². The second kappa shape index (κ2) is 7.08. The fourth-order valence-electron chi connectivity index (χ4n) is 1.32. The quantitative estimate of drug-likeness (QED) is 0.333. The van der Waals surface area contributed by atoms with E-state index in [0.717, 1.165) is 6.42 Å². The number of aromatic hydroxyl groups is 2. The molecular weight excluding hydrogens is 240 g/mol. The van der Waals surface area contributed by atoms with Crippen molar-refractivity contribution >= 4 is 5.97 Å². The van der Waals surface area contributed by atoms with Crippen molar-refractivity contribution in [1.29, 1.82) is 0 Å². The lowest BCUT2D eigenvalue weighted by atomic mass is 10.2. The number of rotatable bonds is 7. The minimum absolute atomic E-state index is 0.160. The third kappa shape index (κ3) is 4.26. The molecule has 2 N–H and O–H groups in total. The summed E-state index contributed by atoms with van der Waals surface area (Å²) < 4.78 is 0.655. The lowest BCUT2D eigenvalue weighted by Crippen LogP contribution is -2.18. The van der Waals surface area contributed by atoms with Crippen LogP contribution < -0.4 is 4.84 Å². The maximum atomic E-state index is 11.4. The molecule has 1 rings (SSSR count). The van der Waals surface area contributed by atoms with Gasteiger partial charge in [0.2, 0.25) is 11.8 Å². The van der Waals surface area contributed by atoms with E-state index < -0.39 is 5.97 Å². The zero-order valence-electron chi connectivity index (χ0n) is 9.69. The molecule has 1 heterocycles. The third-order valence-electron chi connectivity index (χ3n) is 2.19. The van der Waals surface area contributed by atoms with Gasteiger partial charge in [0.25, 0.3) is 0 Å². The summed E-state index contributed by atoms with van der Waals surface area (Å²) in [6.45, 7) is 0.407. The number of carbonyl (C=O) groups excluding carboxylic acids is 1. The van der Waals surface area contributed by atoms with Crippen LogP contribution in [0.2, 0.25) is 0 Å². The summed E-state index contributed by atoms with van der Waals surface area (Å²) in [5, 5.41) is 21.8. The molecule has 0 amide bonds. The maximum absolute atomic E-state index is 11.4. The van der Waals surface area contributed by atoms with E-state index in [9.17, 15) is 15.0 Å². The molecule has 0 fully saturated rings. The molecule has 0 saturated carbocycles. The monoisotopic (exact) mass is 254 g/mol. The molecule has 0 aromatic carbocycles. The molecule has 0 aliphatic rings. The van der Waals surface area contributed by atoms with Crippen LogP contribution in [-0.4, -0.2) is 27.5 Å². The smallest absolute Gasteiger partial charge is 0.333 e. The van der Waals surface area contributed by atoms with E-state index in [-0.39, 0.29) is 18.2 Å². The molecule has 1 aromatic rings. The Bertz CT molecular complexity index is 431. The molecular formula is C10H14N4O4. The summed E-state index contributed by atoms with van der Waals surface area (Å²) in [5.41, 5.74) is 8.04. The molecule has 1 aromatic heterocycles. The van der Waals surface area contributed by atoms with E-state index in [0.29, 0.717) is 24.1 Å². The van der Waals surface area contributed by atoms with Crippen molar-refractivity contribution in [2.75, 3.05) is 6.54 Å². The Morgan fingerprint density at radius 3 is 2.61 bits per heavy atom. The standard InChI is InChI=1S/C10H14N4O4/c11-13-12-7-3-1-2-4-10(17)18-14-8(15)5-6-9(14)16/h5-6,15-16H,1-4,7H2. The van der Waals surface area contributed by atoms with E-state index in [1.807, 2.05) is 0 Å². The van der Waals surface area contributed by atoms with E-state index in [4.69, 9.17) is 10.4 Å². The maximum Gasteiger partial charge on any atom is 0.333 e. The van der Waals surface area contributed by atoms with Gasteiger partial charge in [-0.3, -0.25) is 0 Å². The summed E-state index contributed by atoms with van der Waals surface area (Å²) in [5.74, 6) is -1.24. The van der Waals surface area contributed by atoms with Crippen LogP contribution in [0.5, 0.6) is 11.8 Å². The van der Waals surface area contributed by atoms with Crippen molar-refractivity contribution in [3.63, 3.8) is 0 Å². The fraction of sp³-hybridized carbons (Fsp3) is 0.500. The first-order valence-corrected chi connectivity index (χ1v) is 5.47. The molecule has 0 radical (unpaired) electrons. The average molecular weight is 254 g/mol. The molecule has 0 bridgehead atoms. The number of nitrogens with zero attached hydrogens (tertiary/aromatic N) is 4. The summed E-state index contributed by atoms with van der Waals surface area (Å²) >= 11 is 0. The Hall–Kier alpha value is -2.34. The minimum atomic E-state index is -0.555. The van der Waals surface area contributed by atoms with Gasteiger partial charge in [-0.1, -0.05) is 11.5 Å². The van der Waals surface area contributed by atoms with Crippen molar-refractivity contribution in [3.8, 4) is 11.8 Å². The molecule has 8 heteroatoms. The Morgan fingerprint density at radius 2 is 2.00 bits per heavy atom. The second-order valence-electron chi connectivity index (χ2n) is 3.57. The van der Waals surface area contributed by atoms with Crippen molar-refractivity contribution in [2.24, 2.45) is 5.11 Å². The molecule has 0 atom stereocenters. The van der Waals surface area contributed by atoms with Crippen LogP contribution in [0.4, 0.5) is 0 Å². The van der Waals surface area contributed by atoms with Crippen LogP contribution in [0.25, 0.3) is 10.4 Å². The Labute approximate surface area is 103 Å². The van der Waals surface area contributed by atoms with Crippen LogP contribution in [0.3, 0.4) is 0 Å². The van der Waals surface area contributed by atoms with Crippen LogP contribution in [0.15, 0.2) is 17.2 Å². The fourth-order valence-corrected chi connectivity index (χ4v) is 1.32. The van der Waals surface area contributed by atoms with Crippen LogP contribution in [0, 0.1) is 0 Å². The van der Waals surface area contributed by atoms with Gasteiger partial charge in [0, 0.05) is 30.0 Å². The van der Waals surface area contributed by atoms with Crippen LogP contribution >= 0.6 is 0 Å². The Balaban J connectivity index is 2.24. The van der Waals surface area contributed by atoms with Gasteiger partial charge >= 0.3 is 5.97 Å². The van der Waals surface area contributed by atoms with E-state index in [1.54, 1.807) is 0 Å². The number of hydrogen-bond acceptors (Lipinski definition) is 5. The molecule has 0 aliphatic heterocycles. The largest absolute Gasteiger partial charge is 0.492 e. The first kappa shape index (κ1) is 13.7. The molecule has 98 valence electrons. The van der Waals surface area contributed by atoms with Gasteiger partial charge in [0.1, 0.15) is 0 Å². The van der Waals surface area contributed by atoms with Crippen molar-refractivity contribution in [1.82, 2.24) is 4.73 Å². The van der Waals surface area contributed by atoms with Gasteiger partial charge in [-0.05, 0) is 18.4 Å². The van der Waals surface area contributed by atoms with Crippen LogP contribution in [0.1, 0.15) is 25.7 Å². The van der Waals surface area contributed by atoms with E-state index >= 15 is 0 Å². The highest BCUT2D eigenvalue weighted by Gasteiger charge is 2.11. The summed E-state index contributed by atoms with van der Waals surface area (Å²) in [7, 11) is 0. The molecule has 8 nitrogen and oxygen atoms in total. The van der Waals surface area contributed by atoms with Gasteiger partial charge < -0.3 is 15.1 Å². The first-order valence-electron chi connectivity index (χ1n) is 5.47. The first-order chi connectivity index (χ1) is 8.65. The summed E-state index contributed by atoms with van der Waals surface area (Å²) in [6, 6.07) is 2.42. The second-order valence-corrected chi connectivity index (χ2v) is 3.57. The number of carbonyl (C=O) groups is 1. The molecule has 0 aliphatic carbocycles. The average Bonchev–Trinajstić information content (AvgIpc) is 2.65. The van der Waals surface area contributed by atoms with E-state index in [2.05, 4.69) is 10.0 Å². The predicted octanol–water partition coefficient (Wildman–Crippen LogP) is 1.73. The van der Waals surface area contributed by atoms with E-state index in [1.165, 1.54) is 12.1 Å². The highest BCUT2D eigenvalue weighted by atomic mass is 16.7. The topological polar surface area (TPSA) is 120 Å². The number of unbranched alkanes of at least 4 members (excludes halogenated alkanes) is 2. The Morgan fingerprint density at radius 1 is 1.33 bits per heavy atom. The van der Waals surface area contributed by atoms with Gasteiger partial charge in [-0.25, -0.2) is 4.79 Å². The van der Waals surface area contributed by atoms with Crippen molar-refractivity contribution < 1.29 is 19.8 Å². The van der Waals surface area contributed by atoms with Gasteiger partial charge in [-0.15, -0.1) is 4.73 Å².